The van der Waals surface area contributed by atoms with E-state index in [1.807, 2.05) is 86.6 Å². The lowest BCUT2D eigenvalue weighted by atomic mass is 10.0. The van der Waals surface area contributed by atoms with Crippen LogP contribution in [0.1, 0.15) is 29.9 Å². The first kappa shape index (κ1) is 21.0. The largest absolute Gasteiger partial charge is 0.478 e. The number of carboxylic acid groups (broad SMARTS) is 1. The molecule has 1 N–H and O–H groups in total. The van der Waals surface area contributed by atoms with Crippen LogP contribution in [-0.4, -0.2) is 21.2 Å². The average molecular weight is 429 g/mol. The van der Waals surface area contributed by atoms with E-state index in [0.717, 1.165) is 10.6 Å². The highest BCUT2D eigenvalue weighted by atomic mass is 31.2. The molecule has 1 heterocycles. The molecule has 0 saturated heterocycles. The maximum atomic E-state index is 14.8. The molecule has 0 radical (unpaired) electrons. The SMILES string of the molecule is CC(C)(Cc1cc(C(=O)O)c2ccccc2n1)P(=O)(c1ccccc1)c1ccccc1. The molecule has 0 aliphatic heterocycles. The number of hydrogen-bond donors (Lipinski definition) is 1. The number of benzene rings is 3. The van der Waals surface area contributed by atoms with Crippen LogP contribution < -0.4 is 10.6 Å². The Morgan fingerprint density at radius 3 is 1.94 bits per heavy atom. The van der Waals surface area contributed by atoms with Gasteiger partial charge in [0.15, 0.2) is 0 Å². The van der Waals surface area contributed by atoms with Crippen molar-refractivity contribution in [2.24, 2.45) is 0 Å². The molecule has 5 heteroatoms. The van der Waals surface area contributed by atoms with Gasteiger partial charge in [-0.1, -0.05) is 92.7 Å². The van der Waals surface area contributed by atoms with Crippen molar-refractivity contribution in [1.82, 2.24) is 4.98 Å². The first-order valence-corrected chi connectivity index (χ1v) is 11.9. The summed E-state index contributed by atoms with van der Waals surface area (Å²) in [6, 6.07) is 27.9. The number of hydrogen-bond acceptors (Lipinski definition) is 3. The number of carbonyl (C=O) groups is 1. The van der Waals surface area contributed by atoms with E-state index in [2.05, 4.69) is 0 Å². The molecular formula is C26H24NO3P. The molecule has 4 rings (SSSR count). The predicted molar refractivity (Wildman–Crippen MR) is 126 cm³/mol. The van der Waals surface area contributed by atoms with Gasteiger partial charge in [-0.3, -0.25) is 4.98 Å². The number of para-hydroxylation sites is 1. The van der Waals surface area contributed by atoms with Crippen LogP contribution in [0, 0.1) is 0 Å². The van der Waals surface area contributed by atoms with Crippen LogP contribution in [0.3, 0.4) is 0 Å². The molecule has 1 aromatic heterocycles. The van der Waals surface area contributed by atoms with Crippen LogP contribution in [0.2, 0.25) is 0 Å². The summed E-state index contributed by atoms with van der Waals surface area (Å²) in [5, 5.41) is 11.2. The summed E-state index contributed by atoms with van der Waals surface area (Å²) in [4.78, 5) is 16.6. The van der Waals surface area contributed by atoms with E-state index in [4.69, 9.17) is 4.98 Å². The first-order valence-electron chi connectivity index (χ1n) is 10.2. The van der Waals surface area contributed by atoms with Crippen LogP contribution in [0.5, 0.6) is 0 Å². The molecule has 4 nitrogen and oxygen atoms in total. The lowest BCUT2D eigenvalue weighted by molar-refractivity contribution is 0.0698. The normalized spacial score (nSPS) is 12.1. The van der Waals surface area contributed by atoms with E-state index in [1.54, 1.807) is 18.2 Å². The van der Waals surface area contributed by atoms with Crippen molar-refractivity contribution in [3.63, 3.8) is 0 Å². The summed E-state index contributed by atoms with van der Waals surface area (Å²) < 4.78 is 14.8. The summed E-state index contributed by atoms with van der Waals surface area (Å²) >= 11 is 0. The molecule has 31 heavy (non-hydrogen) atoms. The number of aromatic carboxylic acids is 1. The molecule has 0 aliphatic rings. The van der Waals surface area contributed by atoms with Gasteiger partial charge >= 0.3 is 5.97 Å². The number of pyridine rings is 1. The molecule has 156 valence electrons. The molecule has 0 fully saturated rings. The van der Waals surface area contributed by atoms with Gasteiger partial charge in [-0.15, -0.1) is 0 Å². The quantitative estimate of drug-likeness (QED) is 0.424. The van der Waals surface area contributed by atoms with E-state index in [9.17, 15) is 14.5 Å². The Hall–Kier alpha value is -3.23. The number of rotatable bonds is 6. The van der Waals surface area contributed by atoms with Crippen molar-refractivity contribution in [2.45, 2.75) is 25.4 Å². The van der Waals surface area contributed by atoms with Crippen molar-refractivity contribution in [3.8, 4) is 0 Å². The smallest absolute Gasteiger partial charge is 0.336 e. The Labute approximate surface area is 182 Å². The van der Waals surface area contributed by atoms with Crippen molar-refractivity contribution in [2.75, 3.05) is 0 Å². The van der Waals surface area contributed by atoms with E-state index in [1.165, 1.54) is 0 Å². The van der Waals surface area contributed by atoms with Gasteiger partial charge in [0.05, 0.1) is 11.1 Å². The van der Waals surface area contributed by atoms with Gasteiger partial charge in [0.25, 0.3) is 0 Å². The monoisotopic (exact) mass is 429 g/mol. The molecule has 0 saturated carbocycles. The zero-order chi connectivity index (χ0) is 22.1. The lowest BCUT2D eigenvalue weighted by Gasteiger charge is -2.35. The van der Waals surface area contributed by atoms with Gasteiger partial charge in [-0.25, -0.2) is 4.79 Å². The van der Waals surface area contributed by atoms with Gasteiger partial charge in [0.1, 0.15) is 7.14 Å². The van der Waals surface area contributed by atoms with Crippen LogP contribution >= 0.6 is 7.14 Å². The minimum absolute atomic E-state index is 0.214. The summed E-state index contributed by atoms with van der Waals surface area (Å²) in [6.45, 7) is 3.95. The highest BCUT2D eigenvalue weighted by Gasteiger charge is 2.43. The zero-order valence-corrected chi connectivity index (χ0v) is 18.4. The maximum Gasteiger partial charge on any atom is 0.336 e. The minimum atomic E-state index is -3.08. The molecule has 4 aromatic rings. The maximum absolute atomic E-state index is 14.8. The standard InChI is InChI=1S/C26H24NO3P/c1-26(2,18-19-17-23(25(28)29)22-15-9-10-16-24(22)27-19)31(30,20-11-5-3-6-12-20)21-13-7-4-8-14-21/h3-17H,18H2,1-2H3,(H,28,29). The molecule has 0 spiro atoms. The Balaban J connectivity index is 1.86. The second kappa shape index (κ2) is 8.13. The fourth-order valence-corrected chi connectivity index (χ4v) is 7.44. The number of aromatic nitrogens is 1. The third-order valence-electron chi connectivity index (χ3n) is 5.71. The van der Waals surface area contributed by atoms with E-state index in [-0.39, 0.29) is 5.56 Å². The highest BCUT2D eigenvalue weighted by Crippen LogP contribution is 2.57. The van der Waals surface area contributed by atoms with Gasteiger partial charge < -0.3 is 9.67 Å². The van der Waals surface area contributed by atoms with Crippen molar-refractivity contribution in [1.29, 1.82) is 0 Å². The molecular weight excluding hydrogens is 405 g/mol. The van der Waals surface area contributed by atoms with E-state index >= 15 is 0 Å². The summed E-state index contributed by atoms with van der Waals surface area (Å²) in [6.07, 6.45) is 0.374. The minimum Gasteiger partial charge on any atom is -0.478 e. The predicted octanol–water partition coefficient (Wildman–Crippen LogP) is 5.27. The van der Waals surface area contributed by atoms with Crippen molar-refractivity contribution < 1.29 is 14.5 Å². The van der Waals surface area contributed by atoms with Crippen LogP contribution in [-0.2, 0) is 11.0 Å². The Morgan fingerprint density at radius 2 is 1.39 bits per heavy atom. The van der Waals surface area contributed by atoms with Crippen molar-refractivity contribution >= 4 is 34.6 Å². The average Bonchev–Trinajstić information content (AvgIpc) is 2.78. The van der Waals surface area contributed by atoms with Gasteiger partial charge in [-0.2, -0.15) is 0 Å². The topological polar surface area (TPSA) is 67.3 Å². The van der Waals surface area contributed by atoms with Gasteiger partial charge in [0.2, 0.25) is 0 Å². The Kier molecular flexibility index (Phi) is 5.51. The fourth-order valence-electron chi connectivity index (χ4n) is 4.18. The Morgan fingerprint density at radius 1 is 0.871 bits per heavy atom. The van der Waals surface area contributed by atoms with E-state index < -0.39 is 18.3 Å². The molecule has 0 amide bonds. The van der Waals surface area contributed by atoms with Crippen molar-refractivity contribution in [3.05, 3.63) is 102 Å². The molecule has 0 atom stereocenters. The fraction of sp³-hybridized carbons (Fsp3) is 0.154. The van der Waals surface area contributed by atoms with Crippen LogP contribution in [0.15, 0.2) is 91.0 Å². The lowest BCUT2D eigenvalue weighted by Crippen LogP contribution is -2.35. The second-order valence-corrected chi connectivity index (χ2v) is 11.7. The second-order valence-electron chi connectivity index (χ2n) is 8.25. The molecule has 3 aromatic carbocycles. The molecule has 0 unspecified atom stereocenters. The Bertz CT molecular complexity index is 1240. The highest BCUT2D eigenvalue weighted by molar-refractivity contribution is 7.80. The molecule has 0 bridgehead atoms. The van der Waals surface area contributed by atoms with Crippen LogP contribution in [0.4, 0.5) is 0 Å². The summed E-state index contributed by atoms with van der Waals surface area (Å²) in [7, 11) is -3.08. The van der Waals surface area contributed by atoms with E-state index in [0.29, 0.717) is 23.0 Å². The number of nitrogens with zero attached hydrogens (tertiary/aromatic N) is 1. The third-order valence-corrected chi connectivity index (χ3v) is 9.62. The van der Waals surface area contributed by atoms with Gasteiger partial charge in [-0.05, 0) is 12.1 Å². The van der Waals surface area contributed by atoms with Gasteiger partial charge in [0, 0.05) is 33.3 Å². The zero-order valence-electron chi connectivity index (χ0n) is 17.5. The molecule has 0 aliphatic carbocycles. The summed E-state index contributed by atoms with van der Waals surface area (Å²) in [5.41, 5.74) is 1.46. The third kappa shape index (κ3) is 3.80. The summed E-state index contributed by atoms with van der Waals surface area (Å²) in [5.74, 6) is -0.994. The van der Waals surface area contributed by atoms with Crippen LogP contribution in [0.25, 0.3) is 10.9 Å². The first-order chi connectivity index (χ1) is 14.8. The number of carboxylic acids is 1. The number of fused-ring (bicyclic) bond motifs is 1.